The summed E-state index contributed by atoms with van der Waals surface area (Å²) < 4.78 is 5.63. The first-order chi connectivity index (χ1) is 12.1. The maximum atomic E-state index is 6.16. The second-order valence-electron chi connectivity index (χ2n) is 5.69. The molecule has 0 atom stereocenters. The van der Waals surface area contributed by atoms with E-state index in [1.165, 1.54) is 0 Å². The largest absolute Gasteiger partial charge is 0.491 e. The Morgan fingerprint density at radius 1 is 0.960 bits per heavy atom. The molecule has 1 aromatic heterocycles. The first-order valence-corrected chi connectivity index (χ1v) is 8.36. The Hall–Kier alpha value is -2.79. The van der Waals surface area contributed by atoms with E-state index in [9.17, 15) is 0 Å². The van der Waals surface area contributed by atoms with Crippen molar-refractivity contribution in [1.82, 2.24) is 9.97 Å². The number of ether oxygens (including phenoxy) is 1. The fourth-order valence-electron chi connectivity index (χ4n) is 2.21. The van der Waals surface area contributed by atoms with Crippen LogP contribution in [0.25, 0.3) is 0 Å². The van der Waals surface area contributed by atoms with Crippen LogP contribution in [0.5, 0.6) is 5.75 Å². The van der Waals surface area contributed by atoms with Gasteiger partial charge in [0.2, 0.25) is 5.95 Å². The van der Waals surface area contributed by atoms with Gasteiger partial charge in [-0.25, -0.2) is 4.98 Å². The highest BCUT2D eigenvalue weighted by molar-refractivity contribution is 6.33. The van der Waals surface area contributed by atoms with Crippen molar-refractivity contribution in [2.75, 3.05) is 10.6 Å². The third kappa shape index (κ3) is 4.84. The summed E-state index contributed by atoms with van der Waals surface area (Å²) in [6.07, 6.45) is 1.83. The summed E-state index contributed by atoms with van der Waals surface area (Å²) in [7, 11) is 0. The highest BCUT2D eigenvalue weighted by Crippen LogP contribution is 2.25. The van der Waals surface area contributed by atoms with E-state index in [0.717, 1.165) is 17.1 Å². The number of para-hydroxylation sites is 1. The normalized spacial score (nSPS) is 10.6. The van der Waals surface area contributed by atoms with Crippen molar-refractivity contribution < 1.29 is 4.74 Å². The van der Waals surface area contributed by atoms with Gasteiger partial charge in [0.25, 0.3) is 0 Å². The lowest BCUT2D eigenvalue weighted by Crippen LogP contribution is -2.05. The standard InChI is InChI=1S/C19H19ClN4O/c1-13(2)25-15-9-7-14(8-10-15)22-19-21-12-11-18(24-19)23-17-6-4-3-5-16(17)20/h3-13H,1-2H3,(H2,21,22,23,24). The topological polar surface area (TPSA) is 59.1 Å². The van der Waals surface area contributed by atoms with Gasteiger partial charge < -0.3 is 15.4 Å². The van der Waals surface area contributed by atoms with Gasteiger partial charge in [-0.3, -0.25) is 0 Å². The lowest BCUT2D eigenvalue weighted by Gasteiger charge is -2.11. The molecule has 128 valence electrons. The average Bonchev–Trinajstić information content (AvgIpc) is 2.59. The zero-order valence-electron chi connectivity index (χ0n) is 14.0. The van der Waals surface area contributed by atoms with Crippen molar-refractivity contribution in [2.45, 2.75) is 20.0 Å². The zero-order chi connectivity index (χ0) is 17.6. The van der Waals surface area contributed by atoms with Crippen LogP contribution in [0.3, 0.4) is 0 Å². The quantitative estimate of drug-likeness (QED) is 0.620. The van der Waals surface area contributed by atoms with Gasteiger partial charge in [-0.05, 0) is 56.3 Å². The van der Waals surface area contributed by atoms with Crippen molar-refractivity contribution in [2.24, 2.45) is 0 Å². The third-order valence-corrected chi connectivity index (χ3v) is 3.60. The number of aromatic nitrogens is 2. The number of halogens is 1. The predicted molar refractivity (Wildman–Crippen MR) is 102 cm³/mol. The molecule has 0 saturated carbocycles. The highest BCUT2D eigenvalue weighted by Gasteiger charge is 2.04. The lowest BCUT2D eigenvalue weighted by atomic mass is 10.3. The van der Waals surface area contributed by atoms with Crippen molar-refractivity contribution >= 4 is 34.7 Å². The predicted octanol–water partition coefficient (Wildman–Crippen LogP) is 5.40. The van der Waals surface area contributed by atoms with Gasteiger partial charge in [0, 0.05) is 11.9 Å². The van der Waals surface area contributed by atoms with E-state index in [0.29, 0.717) is 16.8 Å². The average molecular weight is 355 g/mol. The van der Waals surface area contributed by atoms with Crippen LogP contribution in [0, 0.1) is 0 Å². The molecule has 25 heavy (non-hydrogen) atoms. The van der Waals surface area contributed by atoms with E-state index in [1.54, 1.807) is 12.3 Å². The van der Waals surface area contributed by atoms with E-state index in [1.807, 2.05) is 62.4 Å². The third-order valence-electron chi connectivity index (χ3n) is 3.27. The maximum absolute atomic E-state index is 6.16. The number of nitrogens with one attached hydrogen (secondary N) is 2. The molecule has 0 bridgehead atoms. The van der Waals surface area contributed by atoms with Crippen LogP contribution < -0.4 is 15.4 Å². The Bertz CT molecular complexity index is 837. The molecule has 0 fully saturated rings. The molecule has 6 heteroatoms. The Balaban J connectivity index is 1.70. The smallest absolute Gasteiger partial charge is 0.229 e. The summed E-state index contributed by atoms with van der Waals surface area (Å²) in [5, 5.41) is 7.00. The molecule has 5 nitrogen and oxygen atoms in total. The van der Waals surface area contributed by atoms with Gasteiger partial charge in [-0.2, -0.15) is 4.98 Å². The highest BCUT2D eigenvalue weighted by atomic mass is 35.5. The fourth-order valence-corrected chi connectivity index (χ4v) is 2.39. The van der Waals surface area contributed by atoms with Crippen LogP contribution in [0.15, 0.2) is 60.8 Å². The summed E-state index contributed by atoms with van der Waals surface area (Å²) in [5.74, 6) is 1.98. The molecule has 2 N–H and O–H groups in total. The lowest BCUT2D eigenvalue weighted by molar-refractivity contribution is 0.242. The number of rotatable bonds is 6. The molecule has 3 aromatic rings. The van der Waals surface area contributed by atoms with Crippen LogP contribution in [0.1, 0.15) is 13.8 Å². The summed E-state index contributed by atoms with van der Waals surface area (Å²) in [4.78, 5) is 8.70. The molecule has 0 unspecified atom stereocenters. The minimum absolute atomic E-state index is 0.148. The number of benzene rings is 2. The van der Waals surface area contributed by atoms with E-state index in [-0.39, 0.29) is 6.10 Å². The molecule has 0 aliphatic carbocycles. The van der Waals surface area contributed by atoms with E-state index < -0.39 is 0 Å². The fraction of sp³-hybridized carbons (Fsp3) is 0.158. The minimum Gasteiger partial charge on any atom is -0.491 e. The number of hydrogen-bond acceptors (Lipinski definition) is 5. The SMILES string of the molecule is CC(C)Oc1ccc(Nc2nccc(Nc3ccccc3Cl)n2)cc1. The molecule has 0 aliphatic heterocycles. The molecular weight excluding hydrogens is 336 g/mol. The van der Waals surface area contributed by atoms with Crippen LogP contribution in [-0.4, -0.2) is 16.1 Å². The van der Waals surface area contributed by atoms with Gasteiger partial charge in [-0.1, -0.05) is 23.7 Å². The summed E-state index contributed by atoms with van der Waals surface area (Å²) >= 11 is 6.16. The molecule has 0 amide bonds. The molecule has 0 spiro atoms. The number of nitrogens with zero attached hydrogens (tertiary/aromatic N) is 2. The van der Waals surface area contributed by atoms with E-state index >= 15 is 0 Å². The molecule has 0 saturated heterocycles. The number of anilines is 4. The van der Waals surface area contributed by atoms with Gasteiger partial charge in [0.15, 0.2) is 0 Å². The monoisotopic (exact) mass is 354 g/mol. The van der Waals surface area contributed by atoms with Crippen molar-refractivity contribution in [3.05, 3.63) is 65.8 Å². The molecular formula is C19H19ClN4O. The Morgan fingerprint density at radius 2 is 1.72 bits per heavy atom. The van der Waals surface area contributed by atoms with Crippen molar-refractivity contribution in [3.8, 4) is 5.75 Å². The van der Waals surface area contributed by atoms with Gasteiger partial charge in [0.05, 0.1) is 16.8 Å². The molecule has 2 aromatic carbocycles. The van der Waals surface area contributed by atoms with Crippen molar-refractivity contribution in [3.63, 3.8) is 0 Å². The zero-order valence-corrected chi connectivity index (χ0v) is 14.8. The van der Waals surface area contributed by atoms with E-state index in [2.05, 4.69) is 20.6 Å². The second-order valence-corrected chi connectivity index (χ2v) is 6.09. The summed E-state index contributed by atoms with van der Waals surface area (Å²) in [5.41, 5.74) is 1.68. The number of hydrogen-bond donors (Lipinski definition) is 2. The molecule has 0 aliphatic rings. The first kappa shape index (κ1) is 17.0. The van der Waals surface area contributed by atoms with Gasteiger partial charge in [-0.15, -0.1) is 0 Å². The van der Waals surface area contributed by atoms with Gasteiger partial charge >= 0.3 is 0 Å². The Kier molecular flexibility index (Phi) is 5.36. The second kappa shape index (κ2) is 7.85. The van der Waals surface area contributed by atoms with Crippen LogP contribution in [-0.2, 0) is 0 Å². The van der Waals surface area contributed by atoms with E-state index in [4.69, 9.17) is 16.3 Å². The first-order valence-electron chi connectivity index (χ1n) is 7.98. The Labute approximate surface area is 152 Å². The minimum atomic E-state index is 0.148. The Morgan fingerprint density at radius 3 is 2.44 bits per heavy atom. The van der Waals surface area contributed by atoms with Crippen molar-refractivity contribution in [1.29, 1.82) is 0 Å². The van der Waals surface area contributed by atoms with Crippen LogP contribution in [0.4, 0.5) is 23.1 Å². The van der Waals surface area contributed by atoms with Crippen LogP contribution in [0.2, 0.25) is 5.02 Å². The van der Waals surface area contributed by atoms with Gasteiger partial charge in [0.1, 0.15) is 11.6 Å². The molecule has 1 heterocycles. The maximum Gasteiger partial charge on any atom is 0.229 e. The molecule has 3 rings (SSSR count). The summed E-state index contributed by atoms with van der Waals surface area (Å²) in [6.45, 7) is 4.00. The molecule has 0 radical (unpaired) electrons. The summed E-state index contributed by atoms with van der Waals surface area (Å²) in [6, 6.07) is 17.0. The van der Waals surface area contributed by atoms with Crippen LogP contribution >= 0.6 is 11.6 Å².